The maximum Gasteiger partial charge on any atom is 0.320 e. The van der Waals surface area contributed by atoms with E-state index in [1.165, 1.54) is 25.1 Å². The molecule has 0 aliphatic heterocycles. The number of anilines is 2. The zero-order chi connectivity index (χ0) is 16.2. The Morgan fingerprint density at radius 3 is 2.57 bits per heavy atom. The highest BCUT2D eigenvalue weighted by atomic mass is 35.5. The van der Waals surface area contributed by atoms with E-state index in [4.69, 9.17) is 17.3 Å². The zero-order valence-electron chi connectivity index (χ0n) is 11.4. The minimum absolute atomic E-state index is 0.181. The molecule has 9 heteroatoms. The normalized spacial score (nSPS) is 12.5. The molecule has 1 unspecified atom stereocenters. The summed E-state index contributed by atoms with van der Waals surface area (Å²) in [4.78, 5) is 23.0. The van der Waals surface area contributed by atoms with Gasteiger partial charge in [-0.3, -0.25) is 9.59 Å². The summed E-state index contributed by atoms with van der Waals surface area (Å²) in [6.45, 7) is 1.18. The first-order chi connectivity index (χ1) is 9.67. The third-order valence-corrected chi connectivity index (χ3v) is 4.95. The Balaban J connectivity index is 2.86. The van der Waals surface area contributed by atoms with Gasteiger partial charge in [0.05, 0.1) is 17.8 Å². The lowest BCUT2D eigenvalue weighted by Gasteiger charge is -2.13. The number of amides is 1. The lowest BCUT2D eigenvalue weighted by atomic mass is 10.2. The van der Waals surface area contributed by atoms with Crippen LogP contribution in [0.2, 0.25) is 5.02 Å². The lowest BCUT2D eigenvalue weighted by molar-refractivity contribution is -0.137. The SMILES string of the molecule is COC(=O)CS(=O)(=O)C(C)C(=O)Nc1ccc(N)cc1Cl. The van der Waals surface area contributed by atoms with Crippen LogP contribution in [0.1, 0.15) is 6.92 Å². The molecule has 7 nitrogen and oxygen atoms in total. The van der Waals surface area contributed by atoms with Crippen LogP contribution in [0.4, 0.5) is 11.4 Å². The summed E-state index contributed by atoms with van der Waals surface area (Å²) >= 11 is 5.88. The summed E-state index contributed by atoms with van der Waals surface area (Å²) in [6.07, 6.45) is 0. The van der Waals surface area contributed by atoms with Crippen LogP contribution in [-0.4, -0.2) is 38.4 Å². The number of carbonyl (C=O) groups is 2. The van der Waals surface area contributed by atoms with Crippen molar-refractivity contribution in [2.45, 2.75) is 12.2 Å². The van der Waals surface area contributed by atoms with Gasteiger partial charge in [0.25, 0.3) is 0 Å². The topological polar surface area (TPSA) is 116 Å². The first-order valence-electron chi connectivity index (χ1n) is 5.81. The number of sulfone groups is 1. The van der Waals surface area contributed by atoms with E-state index in [1.807, 2.05) is 0 Å². The lowest BCUT2D eigenvalue weighted by Crippen LogP contribution is -2.36. The summed E-state index contributed by atoms with van der Waals surface area (Å²) < 4.78 is 28.0. The second-order valence-corrected chi connectivity index (χ2v) is 6.98. The van der Waals surface area contributed by atoms with E-state index in [2.05, 4.69) is 10.1 Å². The molecule has 0 saturated heterocycles. The van der Waals surface area contributed by atoms with Crippen molar-refractivity contribution in [3.05, 3.63) is 23.2 Å². The van der Waals surface area contributed by atoms with E-state index in [0.717, 1.165) is 7.11 Å². The van der Waals surface area contributed by atoms with Gasteiger partial charge >= 0.3 is 5.97 Å². The van der Waals surface area contributed by atoms with Gasteiger partial charge in [0.15, 0.2) is 9.84 Å². The van der Waals surface area contributed by atoms with Crippen LogP contribution in [-0.2, 0) is 24.2 Å². The van der Waals surface area contributed by atoms with Gasteiger partial charge in [-0.05, 0) is 25.1 Å². The summed E-state index contributed by atoms with van der Waals surface area (Å²) in [5.74, 6) is -2.60. The fourth-order valence-corrected chi connectivity index (χ4v) is 2.70. The van der Waals surface area contributed by atoms with E-state index in [1.54, 1.807) is 0 Å². The summed E-state index contributed by atoms with van der Waals surface area (Å²) in [5, 5.41) is 1.13. The van der Waals surface area contributed by atoms with Crippen molar-refractivity contribution in [2.75, 3.05) is 23.9 Å². The van der Waals surface area contributed by atoms with Crippen molar-refractivity contribution in [3.8, 4) is 0 Å². The Morgan fingerprint density at radius 1 is 1.43 bits per heavy atom. The van der Waals surface area contributed by atoms with Gasteiger partial charge in [0.1, 0.15) is 11.0 Å². The number of nitrogens with one attached hydrogen (secondary N) is 1. The number of halogens is 1. The molecule has 1 amide bonds. The van der Waals surface area contributed by atoms with Gasteiger partial charge in [-0.15, -0.1) is 0 Å². The number of rotatable bonds is 5. The van der Waals surface area contributed by atoms with Gasteiger partial charge < -0.3 is 15.8 Å². The van der Waals surface area contributed by atoms with Crippen molar-refractivity contribution in [3.63, 3.8) is 0 Å². The average molecular weight is 335 g/mol. The molecule has 116 valence electrons. The number of ether oxygens (including phenoxy) is 1. The number of benzene rings is 1. The number of esters is 1. The Hall–Kier alpha value is -1.80. The van der Waals surface area contributed by atoms with E-state index < -0.39 is 32.7 Å². The third-order valence-electron chi connectivity index (χ3n) is 2.71. The van der Waals surface area contributed by atoms with Crippen LogP contribution in [0.25, 0.3) is 0 Å². The Morgan fingerprint density at radius 2 is 2.05 bits per heavy atom. The van der Waals surface area contributed by atoms with Crippen LogP contribution in [0, 0.1) is 0 Å². The quantitative estimate of drug-likeness (QED) is 0.609. The molecule has 0 spiro atoms. The van der Waals surface area contributed by atoms with Crippen LogP contribution in [0.15, 0.2) is 18.2 Å². The van der Waals surface area contributed by atoms with Gasteiger partial charge in [0.2, 0.25) is 5.91 Å². The number of methoxy groups -OCH3 is 1. The van der Waals surface area contributed by atoms with Gasteiger partial charge in [-0.1, -0.05) is 11.6 Å². The number of nitrogens with two attached hydrogens (primary N) is 1. The molecule has 0 aliphatic carbocycles. The molecule has 21 heavy (non-hydrogen) atoms. The number of carbonyl (C=O) groups excluding carboxylic acids is 2. The van der Waals surface area contributed by atoms with Gasteiger partial charge in [-0.25, -0.2) is 8.42 Å². The Bertz CT molecular complexity index is 660. The number of hydrogen-bond acceptors (Lipinski definition) is 6. The van der Waals surface area contributed by atoms with Crippen molar-refractivity contribution < 1.29 is 22.7 Å². The molecule has 0 fully saturated rings. The molecule has 1 aromatic carbocycles. The van der Waals surface area contributed by atoms with Gasteiger partial charge in [0, 0.05) is 5.69 Å². The first-order valence-corrected chi connectivity index (χ1v) is 7.91. The van der Waals surface area contributed by atoms with Crippen molar-refractivity contribution in [1.29, 1.82) is 0 Å². The predicted octanol–water partition coefficient (Wildman–Crippen LogP) is 0.837. The van der Waals surface area contributed by atoms with Crippen molar-refractivity contribution in [2.24, 2.45) is 0 Å². The fourth-order valence-electron chi connectivity index (χ4n) is 1.38. The van der Waals surface area contributed by atoms with Crippen LogP contribution < -0.4 is 11.1 Å². The minimum Gasteiger partial charge on any atom is -0.468 e. The smallest absolute Gasteiger partial charge is 0.320 e. The van der Waals surface area contributed by atoms with Crippen molar-refractivity contribution in [1.82, 2.24) is 0 Å². The number of hydrogen-bond donors (Lipinski definition) is 2. The third kappa shape index (κ3) is 4.61. The highest BCUT2D eigenvalue weighted by Gasteiger charge is 2.31. The fraction of sp³-hybridized carbons (Fsp3) is 0.333. The molecule has 0 aliphatic rings. The molecule has 1 atom stereocenters. The second-order valence-electron chi connectivity index (χ2n) is 4.25. The van der Waals surface area contributed by atoms with Crippen LogP contribution in [0.3, 0.4) is 0 Å². The molecule has 0 bridgehead atoms. The van der Waals surface area contributed by atoms with E-state index >= 15 is 0 Å². The molecule has 0 saturated carbocycles. The molecule has 1 rings (SSSR count). The summed E-state index contributed by atoms with van der Waals surface area (Å²) in [6, 6.07) is 4.38. The molecule has 0 aromatic heterocycles. The molecule has 1 aromatic rings. The molecular weight excluding hydrogens is 320 g/mol. The largest absolute Gasteiger partial charge is 0.468 e. The molecule has 0 radical (unpaired) electrons. The highest BCUT2D eigenvalue weighted by Crippen LogP contribution is 2.24. The number of nitrogen functional groups attached to an aromatic ring is 1. The van der Waals surface area contributed by atoms with Crippen LogP contribution >= 0.6 is 11.6 Å². The zero-order valence-corrected chi connectivity index (χ0v) is 13.0. The standard InChI is InChI=1S/C12H15ClN2O5S/c1-7(21(18,19)6-11(16)20-2)12(17)15-10-4-3-8(14)5-9(10)13/h3-5,7H,6,14H2,1-2H3,(H,15,17). The highest BCUT2D eigenvalue weighted by molar-refractivity contribution is 7.93. The predicted molar refractivity (Wildman–Crippen MR) is 79.8 cm³/mol. The maximum atomic E-state index is 11.9. The monoisotopic (exact) mass is 334 g/mol. The van der Waals surface area contributed by atoms with Gasteiger partial charge in [-0.2, -0.15) is 0 Å². The second kappa shape index (κ2) is 6.77. The van der Waals surface area contributed by atoms with E-state index in [0.29, 0.717) is 5.69 Å². The molecule has 3 N–H and O–H groups in total. The van der Waals surface area contributed by atoms with Crippen LogP contribution in [0.5, 0.6) is 0 Å². The summed E-state index contributed by atoms with van der Waals surface area (Å²) in [5.41, 5.74) is 6.15. The maximum absolute atomic E-state index is 11.9. The van der Waals surface area contributed by atoms with E-state index in [-0.39, 0.29) is 10.7 Å². The summed E-state index contributed by atoms with van der Waals surface area (Å²) in [7, 11) is -2.90. The minimum atomic E-state index is -3.97. The van der Waals surface area contributed by atoms with E-state index in [9.17, 15) is 18.0 Å². The average Bonchev–Trinajstić information content (AvgIpc) is 2.40. The first kappa shape index (κ1) is 17.3. The van der Waals surface area contributed by atoms with Crippen molar-refractivity contribution >= 4 is 44.7 Å². The Kier molecular flexibility index (Phi) is 5.56. The molecular formula is C12H15ClN2O5S. The molecule has 0 heterocycles. The Labute approximate surface area is 127 Å².